The van der Waals surface area contributed by atoms with E-state index in [0.717, 1.165) is 31.9 Å². The summed E-state index contributed by atoms with van der Waals surface area (Å²) < 4.78 is 0.963. The maximum atomic E-state index is 12.9. The SMILES string of the molecule is Cc1c(Br)cccc1C(=O)c1ccc(C)c2ccccc12. The van der Waals surface area contributed by atoms with Gasteiger partial charge in [-0.25, -0.2) is 0 Å². The predicted octanol–water partition coefficient (Wildman–Crippen LogP) is 5.45. The van der Waals surface area contributed by atoms with Crippen molar-refractivity contribution in [3.05, 3.63) is 81.3 Å². The zero-order valence-electron chi connectivity index (χ0n) is 12.0. The lowest BCUT2D eigenvalue weighted by atomic mass is 9.93. The number of ketones is 1. The van der Waals surface area contributed by atoms with E-state index < -0.39 is 0 Å². The van der Waals surface area contributed by atoms with Crippen molar-refractivity contribution in [2.24, 2.45) is 0 Å². The van der Waals surface area contributed by atoms with Crippen molar-refractivity contribution in [1.82, 2.24) is 0 Å². The molecule has 0 fully saturated rings. The van der Waals surface area contributed by atoms with Gasteiger partial charge in [0.15, 0.2) is 5.78 Å². The van der Waals surface area contributed by atoms with E-state index in [1.54, 1.807) is 0 Å². The summed E-state index contributed by atoms with van der Waals surface area (Å²) >= 11 is 3.50. The second-order valence-corrected chi connectivity index (χ2v) is 6.07. The molecule has 0 bridgehead atoms. The van der Waals surface area contributed by atoms with Gasteiger partial charge in [0.05, 0.1) is 0 Å². The van der Waals surface area contributed by atoms with Crippen LogP contribution in [0.4, 0.5) is 0 Å². The smallest absolute Gasteiger partial charge is 0.193 e. The van der Waals surface area contributed by atoms with Crippen LogP contribution in [0.5, 0.6) is 0 Å². The molecule has 0 aliphatic heterocycles. The fraction of sp³-hybridized carbons (Fsp3) is 0.105. The lowest BCUT2D eigenvalue weighted by Gasteiger charge is -2.10. The number of aryl methyl sites for hydroxylation is 1. The Morgan fingerprint density at radius 3 is 2.29 bits per heavy atom. The van der Waals surface area contributed by atoms with Gasteiger partial charge in [-0.2, -0.15) is 0 Å². The summed E-state index contributed by atoms with van der Waals surface area (Å²) in [5, 5.41) is 2.15. The van der Waals surface area contributed by atoms with Gasteiger partial charge in [0.1, 0.15) is 0 Å². The average molecular weight is 339 g/mol. The highest BCUT2D eigenvalue weighted by atomic mass is 79.9. The van der Waals surface area contributed by atoms with E-state index in [9.17, 15) is 4.79 Å². The Labute approximate surface area is 132 Å². The Hall–Kier alpha value is -1.93. The molecule has 21 heavy (non-hydrogen) atoms. The zero-order valence-corrected chi connectivity index (χ0v) is 13.6. The quantitative estimate of drug-likeness (QED) is 0.568. The number of carbonyl (C=O) groups excluding carboxylic acids is 1. The van der Waals surface area contributed by atoms with Crippen molar-refractivity contribution >= 4 is 32.5 Å². The van der Waals surface area contributed by atoms with Crippen molar-refractivity contribution in [1.29, 1.82) is 0 Å². The third kappa shape index (κ3) is 2.40. The summed E-state index contributed by atoms with van der Waals surface area (Å²) in [4.78, 5) is 12.9. The van der Waals surface area contributed by atoms with Crippen molar-refractivity contribution in [2.75, 3.05) is 0 Å². The first-order valence-electron chi connectivity index (χ1n) is 6.88. The molecule has 3 aromatic rings. The van der Waals surface area contributed by atoms with E-state index in [2.05, 4.69) is 28.9 Å². The van der Waals surface area contributed by atoms with Gasteiger partial charge in [0.2, 0.25) is 0 Å². The fourth-order valence-corrected chi connectivity index (χ4v) is 3.01. The van der Waals surface area contributed by atoms with Crippen LogP contribution in [0, 0.1) is 13.8 Å². The van der Waals surface area contributed by atoms with E-state index in [-0.39, 0.29) is 5.78 Å². The largest absolute Gasteiger partial charge is 0.289 e. The Morgan fingerprint density at radius 2 is 1.52 bits per heavy atom. The fourth-order valence-electron chi connectivity index (χ4n) is 2.65. The molecule has 0 radical (unpaired) electrons. The van der Waals surface area contributed by atoms with Crippen LogP contribution in [0.2, 0.25) is 0 Å². The number of benzene rings is 3. The molecule has 0 aromatic heterocycles. The van der Waals surface area contributed by atoms with E-state index >= 15 is 0 Å². The standard InChI is InChI=1S/C19H15BrO/c1-12-10-11-17(16-7-4-3-6-14(12)16)19(21)15-8-5-9-18(20)13(15)2/h3-11H,1-2H3. The summed E-state index contributed by atoms with van der Waals surface area (Å²) in [6.07, 6.45) is 0. The van der Waals surface area contributed by atoms with Crippen molar-refractivity contribution in [3.8, 4) is 0 Å². The third-order valence-electron chi connectivity index (χ3n) is 3.90. The topological polar surface area (TPSA) is 17.1 Å². The van der Waals surface area contributed by atoms with E-state index in [1.807, 2.05) is 55.5 Å². The molecule has 0 unspecified atom stereocenters. The molecule has 0 spiro atoms. The van der Waals surface area contributed by atoms with Crippen LogP contribution in [0.25, 0.3) is 10.8 Å². The summed E-state index contributed by atoms with van der Waals surface area (Å²) in [5.74, 6) is 0.0741. The van der Waals surface area contributed by atoms with Gasteiger partial charge < -0.3 is 0 Å². The van der Waals surface area contributed by atoms with Gasteiger partial charge in [-0.05, 0) is 41.8 Å². The first kappa shape index (κ1) is 14.0. The Bertz CT molecular complexity index is 849. The number of hydrogen-bond donors (Lipinski definition) is 0. The lowest BCUT2D eigenvalue weighted by molar-refractivity contribution is 0.103. The first-order valence-corrected chi connectivity index (χ1v) is 7.67. The van der Waals surface area contributed by atoms with Gasteiger partial charge >= 0.3 is 0 Å². The van der Waals surface area contributed by atoms with Crippen LogP contribution in [0.15, 0.2) is 59.1 Å². The molecule has 104 valence electrons. The van der Waals surface area contributed by atoms with Crippen LogP contribution in [0.3, 0.4) is 0 Å². The molecular formula is C19H15BrO. The minimum atomic E-state index is 0.0741. The minimum absolute atomic E-state index is 0.0741. The van der Waals surface area contributed by atoms with Crippen LogP contribution < -0.4 is 0 Å². The van der Waals surface area contributed by atoms with E-state index in [4.69, 9.17) is 0 Å². The molecule has 0 amide bonds. The zero-order chi connectivity index (χ0) is 15.0. The first-order chi connectivity index (χ1) is 10.1. The molecule has 3 aromatic carbocycles. The third-order valence-corrected chi connectivity index (χ3v) is 4.76. The Morgan fingerprint density at radius 1 is 0.810 bits per heavy atom. The van der Waals surface area contributed by atoms with E-state index in [0.29, 0.717) is 0 Å². The van der Waals surface area contributed by atoms with Crippen LogP contribution in [0.1, 0.15) is 27.0 Å². The Balaban J connectivity index is 2.23. The summed E-state index contributed by atoms with van der Waals surface area (Å²) in [5.41, 5.74) is 3.68. The molecule has 0 atom stereocenters. The van der Waals surface area contributed by atoms with Crippen LogP contribution in [-0.2, 0) is 0 Å². The van der Waals surface area contributed by atoms with Crippen molar-refractivity contribution < 1.29 is 4.79 Å². The predicted molar refractivity (Wildman–Crippen MR) is 91.0 cm³/mol. The highest BCUT2D eigenvalue weighted by Crippen LogP contribution is 2.27. The summed E-state index contributed by atoms with van der Waals surface area (Å²) in [6.45, 7) is 4.04. The van der Waals surface area contributed by atoms with Crippen LogP contribution >= 0.6 is 15.9 Å². The minimum Gasteiger partial charge on any atom is -0.289 e. The van der Waals surface area contributed by atoms with Gasteiger partial charge in [-0.15, -0.1) is 0 Å². The molecule has 2 heteroatoms. The normalized spacial score (nSPS) is 10.8. The molecule has 0 saturated carbocycles. The van der Waals surface area contributed by atoms with Gasteiger partial charge in [0, 0.05) is 15.6 Å². The Kier molecular flexibility index (Phi) is 3.64. The molecule has 0 saturated heterocycles. The van der Waals surface area contributed by atoms with Crippen LogP contribution in [-0.4, -0.2) is 5.78 Å². The number of fused-ring (bicyclic) bond motifs is 1. The molecular weight excluding hydrogens is 324 g/mol. The number of rotatable bonds is 2. The molecule has 0 aliphatic rings. The monoisotopic (exact) mass is 338 g/mol. The summed E-state index contributed by atoms with van der Waals surface area (Å²) in [7, 11) is 0. The molecule has 3 rings (SSSR count). The molecule has 0 heterocycles. The number of halogens is 1. The van der Waals surface area contributed by atoms with E-state index in [1.165, 1.54) is 5.56 Å². The number of hydrogen-bond acceptors (Lipinski definition) is 1. The summed E-state index contributed by atoms with van der Waals surface area (Å²) in [6, 6.07) is 17.8. The maximum absolute atomic E-state index is 12.9. The van der Waals surface area contributed by atoms with Crippen molar-refractivity contribution in [3.63, 3.8) is 0 Å². The maximum Gasteiger partial charge on any atom is 0.193 e. The van der Waals surface area contributed by atoms with Gasteiger partial charge in [-0.1, -0.05) is 64.5 Å². The molecule has 1 nitrogen and oxygen atoms in total. The second kappa shape index (κ2) is 5.45. The average Bonchev–Trinajstić information content (AvgIpc) is 2.50. The van der Waals surface area contributed by atoms with Gasteiger partial charge in [-0.3, -0.25) is 4.79 Å². The van der Waals surface area contributed by atoms with Gasteiger partial charge in [0.25, 0.3) is 0 Å². The molecule has 0 aliphatic carbocycles. The highest BCUT2D eigenvalue weighted by Gasteiger charge is 2.16. The van der Waals surface area contributed by atoms with Crippen molar-refractivity contribution in [2.45, 2.75) is 13.8 Å². The lowest BCUT2D eigenvalue weighted by Crippen LogP contribution is -2.05. The highest BCUT2D eigenvalue weighted by molar-refractivity contribution is 9.10. The number of carbonyl (C=O) groups is 1. The second-order valence-electron chi connectivity index (χ2n) is 5.22. The molecule has 0 N–H and O–H groups in total.